The zero-order valence-corrected chi connectivity index (χ0v) is 14.5. The van der Waals surface area contributed by atoms with E-state index < -0.39 is 0 Å². The largest absolute Gasteiger partial charge is 0.324 e. The van der Waals surface area contributed by atoms with E-state index in [-0.39, 0.29) is 5.56 Å². The molecule has 0 radical (unpaired) electrons. The molecule has 0 saturated heterocycles. The Morgan fingerprint density at radius 2 is 2.00 bits per heavy atom. The number of nitrogens with one attached hydrogen (secondary N) is 1. The summed E-state index contributed by atoms with van der Waals surface area (Å²) in [6.07, 6.45) is 2.38. The van der Waals surface area contributed by atoms with Crippen molar-refractivity contribution in [2.45, 2.75) is 6.42 Å². The minimum absolute atomic E-state index is 0.0229. The Morgan fingerprint density at radius 3 is 2.76 bits per heavy atom. The molecule has 0 amide bonds. The van der Waals surface area contributed by atoms with Crippen LogP contribution in [0.25, 0.3) is 11.0 Å². The van der Waals surface area contributed by atoms with Crippen LogP contribution in [0, 0.1) is 0 Å². The molecule has 0 saturated carbocycles. The zero-order chi connectivity index (χ0) is 17.2. The number of pyridine rings is 1. The summed E-state index contributed by atoms with van der Waals surface area (Å²) >= 11 is 1.65. The second kappa shape index (κ2) is 6.49. The third-order valence-corrected chi connectivity index (χ3v) is 4.87. The molecule has 0 fully saturated rings. The van der Waals surface area contributed by atoms with E-state index in [0.29, 0.717) is 18.0 Å². The van der Waals surface area contributed by atoms with Crippen molar-refractivity contribution in [3.63, 3.8) is 0 Å². The summed E-state index contributed by atoms with van der Waals surface area (Å²) in [4.78, 5) is 22.7. The first-order chi connectivity index (χ1) is 12.2. The maximum atomic E-state index is 12.7. The summed E-state index contributed by atoms with van der Waals surface area (Å²) in [5.41, 5.74) is 2.25. The van der Waals surface area contributed by atoms with E-state index in [2.05, 4.69) is 15.3 Å². The lowest BCUT2D eigenvalue weighted by Gasteiger charge is -2.10. The van der Waals surface area contributed by atoms with Crippen LogP contribution < -0.4 is 10.9 Å². The molecule has 0 aliphatic carbocycles. The van der Waals surface area contributed by atoms with Gasteiger partial charge in [0.05, 0.1) is 0 Å². The van der Waals surface area contributed by atoms with Gasteiger partial charge in [0.2, 0.25) is 5.95 Å². The maximum absolute atomic E-state index is 12.7. The highest BCUT2D eigenvalue weighted by molar-refractivity contribution is 7.09. The number of nitrogens with zero attached hydrogens (tertiary/aromatic N) is 3. The van der Waals surface area contributed by atoms with Gasteiger partial charge >= 0.3 is 0 Å². The topological polar surface area (TPSA) is 59.8 Å². The number of aryl methyl sites for hydroxylation is 1. The van der Waals surface area contributed by atoms with E-state index >= 15 is 0 Å². The van der Waals surface area contributed by atoms with Crippen LogP contribution in [-0.2, 0) is 13.5 Å². The number of aromatic nitrogens is 3. The number of thiophene rings is 1. The molecular weight excluding hydrogens is 332 g/mol. The molecular formula is C19H16N4OS. The van der Waals surface area contributed by atoms with Crippen LogP contribution in [0.1, 0.15) is 10.4 Å². The molecule has 4 rings (SSSR count). The van der Waals surface area contributed by atoms with E-state index in [1.165, 1.54) is 4.88 Å². The van der Waals surface area contributed by atoms with Gasteiger partial charge in [-0.1, -0.05) is 24.3 Å². The minimum Gasteiger partial charge on any atom is -0.324 e. The highest BCUT2D eigenvalue weighted by atomic mass is 32.1. The van der Waals surface area contributed by atoms with Crippen molar-refractivity contribution >= 4 is 34.0 Å². The molecule has 3 aromatic heterocycles. The van der Waals surface area contributed by atoms with Crippen LogP contribution in [-0.4, -0.2) is 14.5 Å². The highest BCUT2D eigenvalue weighted by Gasteiger charge is 2.10. The van der Waals surface area contributed by atoms with Crippen LogP contribution in [0.5, 0.6) is 0 Å². The van der Waals surface area contributed by atoms with Crippen LogP contribution in [0.4, 0.5) is 11.6 Å². The Kier molecular flexibility index (Phi) is 4.03. The van der Waals surface area contributed by atoms with Crippen LogP contribution in [0.3, 0.4) is 0 Å². The van der Waals surface area contributed by atoms with Gasteiger partial charge in [0.25, 0.3) is 5.56 Å². The Labute approximate surface area is 148 Å². The fourth-order valence-corrected chi connectivity index (χ4v) is 3.48. The van der Waals surface area contributed by atoms with Crippen molar-refractivity contribution in [1.82, 2.24) is 14.5 Å². The van der Waals surface area contributed by atoms with Gasteiger partial charge < -0.3 is 5.32 Å². The van der Waals surface area contributed by atoms with Crippen molar-refractivity contribution in [3.05, 3.63) is 80.9 Å². The Morgan fingerprint density at radius 1 is 1.16 bits per heavy atom. The first-order valence-corrected chi connectivity index (χ1v) is 8.79. The normalized spacial score (nSPS) is 10.9. The van der Waals surface area contributed by atoms with Crippen molar-refractivity contribution < 1.29 is 0 Å². The van der Waals surface area contributed by atoms with Gasteiger partial charge in [-0.05, 0) is 29.6 Å². The maximum Gasteiger partial charge on any atom is 0.255 e. The summed E-state index contributed by atoms with van der Waals surface area (Å²) in [6, 6.07) is 15.6. The van der Waals surface area contributed by atoms with Crippen molar-refractivity contribution in [2.75, 3.05) is 5.32 Å². The van der Waals surface area contributed by atoms with E-state index in [1.807, 2.05) is 53.9 Å². The Hall–Kier alpha value is -2.99. The van der Waals surface area contributed by atoms with E-state index in [0.717, 1.165) is 16.6 Å². The first kappa shape index (κ1) is 15.5. The molecule has 3 heterocycles. The molecule has 5 nitrogen and oxygen atoms in total. The number of fused-ring (bicyclic) bond motifs is 1. The molecule has 0 spiro atoms. The molecule has 124 valence electrons. The number of rotatable bonds is 4. The molecule has 1 N–H and O–H groups in total. The SMILES string of the molecule is Cn1c(=O)c(Cc2cccs2)cc2cnc(Nc3ccccc3)nc21. The lowest BCUT2D eigenvalue weighted by Crippen LogP contribution is -2.22. The third-order valence-electron chi connectivity index (χ3n) is 4.00. The zero-order valence-electron chi connectivity index (χ0n) is 13.6. The molecule has 0 atom stereocenters. The number of anilines is 2. The molecule has 0 aliphatic heterocycles. The van der Waals surface area contributed by atoms with Crippen molar-refractivity contribution in [3.8, 4) is 0 Å². The smallest absolute Gasteiger partial charge is 0.255 e. The quantitative estimate of drug-likeness (QED) is 0.610. The second-order valence-corrected chi connectivity index (χ2v) is 6.79. The first-order valence-electron chi connectivity index (χ1n) is 7.91. The average molecular weight is 348 g/mol. The fourth-order valence-electron chi connectivity index (χ4n) is 2.75. The summed E-state index contributed by atoms with van der Waals surface area (Å²) < 4.78 is 1.59. The third kappa shape index (κ3) is 3.16. The molecule has 6 heteroatoms. The van der Waals surface area contributed by atoms with Gasteiger partial charge in [-0.3, -0.25) is 9.36 Å². The number of hydrogen-bond donors (Lipinski definition) is 1. The monoisotopic (exact) mass is 348 g/mol. The number of para-hydroxylation sites is 1. The lowest BCUT2D eigenvalue weighted by atomic mass is 10.1. The molecule has 0 unspecified atom stereocenters. The lowest BCUT2D eigenvalue weighted by molar-refractivity contribution is 0.865. The molecule has 25 heavy (non-hydrogen) atoms. The van der Waals surface area contributed by atoms with Gasteiger partial charge in [0.15, 0.2) is 0 Å². The highest BCUT2D eigenvalue weighted by Crippen LogP contribution is 2.18. The van der Waals surface area contributed by atoms with E-state index in [1.54, 1.807) is 29.1 Å². The second-order valence-electron chi connectivity index (χ2n) is 5.75. The summed E-state index contributed by atoms with van der Waals surface area (Å²) in [5, 5.41) is 6.03. The van der Waals surface area contributed by atoms with Gasteiger partial charge in [-0.15, -0.1) is 11.3 Å². The summed E-state index contributed by atoms with van der Waals surface area (Å²) in [5.74, 6) is 0.472. The van der Waals surface area contributed by atoms with Gasteiger partial charge in [-0.25, -0.2) is 4.98 Å². The van der Waals surface area contributed by atoms with Gasteiger partial charge in [-0.2, -0.15) is 4.98 Å². The van der Waals surface area contributed by atoms with Crippen molar-refractivity contribution in [2.24, 2.45) is 7.05 Å². The van der Waals surface area contributed by atoms with Crippen LogP contribution >= 0.6 is 11.3 Å². The molecule has 0 aliphatic rings. The van der Waals surface area contributed by atoms with Crippen LogP contribution in [0.2, 0.25) is 0 Å². The van der Waals surface area contributed by atoms with Crippen LogP contribution in [0.15, 0.2) is 64.9 Å². The standard InChI is InChI=1S/C19H16N4OS/c1-23-17-14(10-13(18(23)24)11-16-8-5-9-25-16)12-20-19(22-17)21-15-6-3-2-4-7-15/h2-10,12H,11H2,1H3,(H,20,21,22). The molecule has 1 aromatic carbocycles. The Bertz CT molecular complexity index is 1070. The van der Waals surface area contributed by atoms with E-state index in [9.17, 15) is 4.79 Å². The predicted octanol–water partition coefficient (Wildman–Crippen LogP) is 3.72. The van der Waals surface area contributed by atoms with Crippen molar-refractivity contribution in [1.29, 1.82) is 0 Å². The number of benzene rings is 1. The summed E-state index contributed by atoms with van der Waals surface area (Å²) in [6.45, 7) is 0. The average Bonchev–Trinajstić information content (AvgIpc) is 3.14. The fraction of sp³-hybridized carbons (Fsp3) is 0.105. The summed E-state index contributed by atoms with van der Waals surface area (Å²) in [7, 11) is 1.75. The predicted molar refractivity (Wildman–Crippen MR) is 102 cm³/mol. The molecule has 4 aromatic rings. The minimum atomic E-state index is -0.0229. The van der Waals surface area contributed by atoms with E-state index in [4.69, 9.17) is 0 Å². The number of hydrogen-bond acceptors (Lipinski definition) is 5. The molecule has 0 bridgehead atoms. The van der Waals surface area contributed by atoms with Gasteiger partial charge in [0.1, 0.15) is 5.65 Å². The van der Waals surface area contributed by atoms with Gasteiger partial charge in [0, 0.05) is 41.2 Å². The Balaban J connectivity index is 1.73.